The summed E-state index contributed by atoms with van der Waals surface area (Å²) in [5, 5.41) is 2.62. The van der Waals surface area contributed by atoms with E-state index in [0.717, 1.165) is 0 Å². The van der Waals surface area contributed by atoms with Crippen LogP contribution in [0.4, 0.5) is 10.1 Å². The van der Waals surface area contributed by atoms with Gasteiger partial charge in [0.15, 0.2) is 0 Å². The highest BCUT2D eigenvalue weighted by atomic mass is 19.1. The maximum absolute atomic E-state index is 12.9. The van der Waals surface area contributed by atoms with Crippen LogP contribution in [0.1, 0.15) is 21.0 Å². The summed E-state index contributed by atoms with van der Waals surface area (Å²) in [6.07, 6.45) is 0. The van der Waals surface area contributed by atoms with E-state index in [1.54, 1.807) is 17.0 Å². The van der Waals surface area contributed by atoms with Gasteiger partial charge in [0.2, 0.25) is 0 Å². The van der Waals surface area contributed by atoms with Gasteiger partial charge in [0.05, 0.1) is 13.2 Å². The van der Waals surface area contributed by atoms with Crippen molar-refractivity contribution in [2.75, 3.05) is 31.6 Å². The Morgan fingerprint density at radius 2 is 1.71 bits per heavy atom. The quantitative estimate of drug-likeness (QED) is 0.934. The number of rotatable bonds is 3. The molecule has 1 aliphatic rings. The van der Waals surface area contributed by atoms with E-state index in [-0.39, 0.29) is 23.1 Å². The third-order valence-electron chi connectivity index (χ3n) is 3.60. The van der Waals surface area contributed by atoms with E-state index in [9.17, 15) is 14.0 Å². The van der Waals surface area contributed by atoms with Crippen molar-refractivity contribution < 1.29 is 18.7 Å². The largest absolute Gasteiger partial charge is 0.378 e. The van der Waals surface area contributed by atoms with Gasteiger partial charge in [0.25, 0.3) is 11.8 Å². The molecule has 2 heterocycles. The minimum absolute atomic E-state index is 0.124. The summed E-state index contributed by atoms with van der Waals surface area (Å²) in [6.45, 7) is 2.01. The number of aromatic nitrogens is 1. The summed E-state index contributed by atoms with van der Waals surface area (Å²) in [6, 6.07) is 10.1. The van der Waals surface area contributed by atoms with Crippen LogP contribution in [0.3, 0.4) is 0 Å². The van der Waals surface area contributed by atoms with Crippen LogP contribution in [-0.2, 0) is 4.74 Å². The molecule has 1 aromatic heterocycles. The second kappa shape index (κ2) is 7.18. The molecule has 0 atom stereocenters. The number of ether oxygens (including phenoxy) is 1. The van der Waals surface area contributed by atoms with Gasteiger partial charge in [-0.05, 0) is 36.4 Å². The van der Waals surface area contributed by atoms with Gasteiger partial charge in [-0.2, -0.15) is 0 Å². The molecule has 2 aromatic rings. The number of nitrogens with zero attached hydrogens (tertiary/aromatic N) is 2. The first-order chi connectivity index (χ1) is 11.6. The van der Waals surface area contributed by atoms with E-state index in [4.69, 9.17) is 4.74 Å². The molecule has 2 amide bonds. The second-order valence-corrected chi connectivity index (χ2v) is 5.27. The summed E-state index contributed by atoms with van der Waals surface area (Å²) in [5.41, 5.74) is 0.787. The van der Waals surface area contributed by atoms with Crippen LogP contribution in [0.25, 0.3) is 0 Å². The number of pyridine rings is 1. The predicted octanol–water partition coefficient (Wildman–Crippen LogP) is 1.95. The topological polar surface area (TPSA) is 71.5 Å². The summed E-state index contributed by atoms with van der Waals surface area (Å²) < 4.78 is 18.1. The van der Waals surface area contributed by atoms with E-state index >= 15 is 0 Å². The van der Waals surface area contributed by atoms with Gasteiger partial charge in [0.1, 0.15) is 17.2 Å². The first-order valence-electron chi connectivity index (χ1n) is 7.54. The Balaban J connectivity index is 1.73. The van der Waals surface area contributed by atoms with Gasteiger partial charge in [-0.1, -0.05) is 6.07 Å². The summed E-state index contributed by atoms with van der Waals surface area (Å²) >= 11 is 0. The van der Waals surface area contributed by atoms with Crippen LogP contribution >= 0.6 is 0 Å². The average molecular weight is 329 g/mol. The van der Waals surface area contributed by atoms with Crippen LogP contribution in [0.15, 0.2) is 42.5 Å². The number of hydrogen-bond acceptors (Lipinski definition) is 4. The van der Waals surface area contributed by atoms with E-state index in [0.29, 0.717) is 32.0 Å². The number of carbonyl (C=O) groups is 2. The number of benzene rings is 1. The van der Waals surface area contributed by atoms with Crippen molar-refractivity contribution in [3.05, 3.63) is 59.7 Å². The molecule has 1 aromatic carbocycles. The highest BCUT2D eigenvalue weighted by molar-refractivity contribution is 6.03. The molecule has 0 spiro atoms. The molecule has 1 fully saturated rings. The smallest absolute Gasteiger partial charge is 0.274 e. The van der Waals surface area contributed by atoms with E-state index < -0.39 is 5.91 Å². The van der Waals surface area contributed by atoms with Crippen molar-refractivity contribution in [3.63, 3.8) is 0 Å². The maximum atomic E-state index is 12.9. The third kappa shape index (κ3) is 3.75. The molecule has 0 bridgehead atoms. The van der Waals surface area contributed by atoms with Crippen LogP contribution in [0, 0.1) is 5.82 Å². The summed E-state index contributed by atoms with van der Waals surface area (Å²) in [5.74, 6) is -1.07. The van der Waals surface area contributed by atoms with Crippen molar-refractivity contribution in [3.8, 4) is 0 Å². The molecule has 0 saturated carbocycles. The minimum atomic E-state index is -0.460. The van der Waals surface area contributed by atoms with Gasteiger partial charge in [0, 0.05) is 18.8 Å². The van der Waals surface area contributed by atoms with Gasteiger partial charge < -0.3 is 15.0 Å². The third-order valence-corrected chi connectivity index (χ3v) is 3.60. The predicted molar refractivity (Wildman–Crippen MR) is 85.3 cm³/mol. The highest BCUT2D eigenvalue weighted by Gasteiger charge is 2.20. The molecule has 1 aliphatic heterocycles. The van der Waals surface area contributed by atoms with Gasteiger partial charge in [-0.25, -0.2) is 9.37 Å². The van der Waals surface area contributed by atoms with Crippen LogP contribution < -0.4 is 5.32 Å². The van der Waals surface area contributed by atoms with Crippen LogP contribution in [0.5, 0.6) is 0 Å². The molecular formula is C17H16FN3O3. The molecule has 7 heteroatoms. The maximum Gasteiger partial charge on any atom is 0.274 e. The fourth-order valence-corrected chi connectivity index (χ4v) is 2.34. The first-order valence-corrected chi connectivity index (χ1v) is 7.54. The monoisotopic (exact) mass is 329 g/mol. The first kappa shape index (κ1) is 16.1. The minimum Gasteiger partial charge on any atom is -0.378 e. The lowest BCUT2D eigenvalue weighted by Gasteiger charge is -2.26. The molecular weight excluding hydrogens is 313 g/mol. The number of amides is 2. The fourth-order valence-electron chi connectivity index (χ4n) is 2.34. The molecule has 1 saturated heterocycles. The van der Waals surface area contributed by atoms with E-state index in [1.165, 1.54) is 30.3 Å². The number of hydrogen-bond donors (Lipinski definition) is 1. The molecule has 0 radical (unpaired) electrons. The molecule has 0 unspecified atom stereocenters. The lowest BCUT2D eigenvalue weighted by molar-refractivity contribution is 0.0299. The number of morpholine rings is 1. The molecule has 24 heavy (non-hydrogen) atoms. The van der Waals surface area contributed by atoms with Crippen molar-refractivity contribution >= 4 is 17.5 Å². The lowest BCUT2D eigenvalue weighted by Crippen LogP contribution is -2.41. The zero-order chi connectivity index (χ0) is 16.9. The number of nitrogens with one attached hydrogen (secondary N) is 1. The Bertz CT molecular complexity index is 743. The van der Waals surface area contributed by atoms with Gasteiger partial charge >= 0.3 is 0 Å². The summed E-state index contributed by atoms with van der Waals surface area (Å²) in [4.78, 5) is 30.4. The van der Waals surface area contributed by atoms with Crippen molar-refractivity contribution in [1.82, 2.24) is 9.88 Å². The standard InChI is InChI=1S/C17H16FN3O3/c18-12-4-6-13(7-5-12)19-16(22)14-2-1-3-15(20-14)17(23)21-8-10-24-11-9-21/h1-7H,8-11H2,(H,19,22). The normalized spacial score (nSPS) is 14.3. The SMILES string of the molecule is O=C(Nc1ccc(F)cc1)c1cccc(C(=O)N2CCOCC2)n1. The second-order valence-electron chi connectivity index (χ2n) is 5.27. The van der Waals surface area contributed by atoms with Crippen molar-refractivity contribution in [1.29, 1.82) is 0 Å². The number of carbonyl (C=O) groups excluding carboxylic acids is 2. The molecule has 0 aliphatic carbocycles. The Morgan fingerprint density at radius 3 is 2.42 bits per heavy atom. The molecule has 1 N–H and O–H groups in total. The molecule has 3 rings (SSSR count). The van der Waals surface area contributed by atoms with Crippen molar-refractivity contribution in [2.24, 2.45) is 0 Å². The van der Waals surface area contributed by atoms with Crippen LogP contribution in [0.2, 0.25) is 0 Å². The Morgan fingerprint density at radius 1 is 1.04 bits per heavy atom. The Labute approximate surface area is 138 Å². The van der Waals surface area contributed by atoms with E-state index in [2.05, 4.69) is 10.3 Å². The Kier molecular flexibility index (Phi) is 4.81. The average Bonchev–Trinajstić information content (AvgIpc) is 2.64. The molecule has 124 valence electrons. The van der Waals surface area contributed by atoms with Crippen LogP contribution in [-0.4, -0.2) is 48.0 Å². The Hall–Kier alpha value is -2.80. The number of halogens is 1. The number of anilines is 1. The van der Waals surface area contributed by atoms with Gasteiger partial charge in [-0.3, -0.25) is 9.59 Å². The zero-order valence-electron chi connectivity index (χ0n) is 12.9. The lowest BCUT2D eigenvalue weighted by atomic mass is 10.2. The summed E-state index contributed by atoms with van der Waals surface area (Å²) in [7, 11) is 0. The van der Waals surface area contributed by atoms with E-state index in [1.807, 2.05) is 0 Å². The van der Waals surface area contributed by atoms with Gasteiger partial charge in [-0.15, -0.1) is 0 Å². The highest BCUT2D eigenvalue weighted by Crippen LogP contribution is 2.11. The van der Waals surface area contributed by atoms with Crippen molar-refractivity contribution in [2.45, 2.75) is 0 Å². The zero-order valence-corrected chi connectivity index (χ0v) is 12.9. The molecule has 6 nitrogen and oxygen atoms in total. The fraction of sp³-hybridized carbons (Fsp3) is 0.235.